The highest BCUT2D eigenvalue weighted by atomic mass is 32.2. The van der Waals surface area contributed by atoms with Gasteiger partial charge in [0.1, 0.15) is 6.04 Å². The highest BCUT2D eigenvalue weighted by Gasteiger charge is 2.35. The minimum absolute atomic E-state index is 0.207. The van der Waals surface area contributed by atoms with Gasteiger partial charge in [-0.25, -0.2) is 8.42 Å². The van der Waals surface area contributed by atoms with Crippen molar-refractivity contribution in [2.75, 3.05) is 6.26 Å². The molecule has 1 aliphatic heterocycles. The summed E-state index contributed by atoms with van der Waals surface area (Å²) in [5.41, 5.74) is 2.01. The molecule has 0 bridgehead atoms. The molecule has 2 aromatic rings. The summed E-state index contributed by atoms with van der Waals surface area (Å²) in [5, 5.41) is 8.35. The Kier molecular flexibility index (Phi) is 3.43. The zero-order chi connectivity index (χ0) is 14.3. The van der Waals surface area contributed by atoms with Crippen LogP contribution in [0.4, 0.5) is 0 Å². The quantitative estimate of drug-likeness (QED) is 0.869. The van der Waals surface area contributed by atoms with Crippen molar-refractivity contribution < 1.29 is 8.42 Å². The average Bonchev–Trinajstić information content (AvgIpc) is 3.05. The molecule has 0 saturated carbocycles. The van der Waals surface area contributed by atoms with Crippen molar-refractivity contribution in [3.05, 3.63) is 44.3 Å². The lowest BCUT2D eigenvalue weighted by atomic mass is 10.1. The number of nitrogens with zero attached hydrogens (tertiary/aromatic N) is 2. The van der Waals surface area contributed by atoms with E-state index in [1.165, 1.54) is 10.7 Å². The predicted octanol–water partition coefficient (Wildman–Crippen LogP) is 3.23. The van der Waals surface area contributed by atoms with Crippen LogP contribution in [0, 0.1) is 6.92 Å². The van der Waals surface area contributed by atoms with E-state index in [0.717, 1.165) is 21.0 Å². The second-order valence-electron chi connectivity index (χ2n) is 4.75. The first-order valence-corrected chi connectivity index (χ1v) is 9.72. The highest BCUT2D eigenvalue weighted by Crippen LogP contribution is 2.37. The van der Waals surface area contributed by atoms with Gasteiger partial charge in [-0.2, -0.15) is 9.52 Å². The van der Waals surface area contributed by atoms with E-state index in [1.54, 1.807) is 22.7 Å². The molecular weight excluding hydrogens is 312 g/mol. The van der Waals surface area contributed by atoms with Gasteiger partial charge in [0.05, 0.1) is 16.8 Å². The number of hydrogen-bond donors (Lipinski definition) is 0. The predicted molar refractivity (Wildman–Crippen MR) is 84.0 cm³/mol. The van der Waals surface area contributed by atoms with Gasteiger partial charge in [0.15, 0.2) is 0 Å². The second-order valence-corrected chi connectivity index (χ2v) is 8.49. The van der Waals surface area contributed by atoms with Gasteiger partial charge in [0.2, 0.25) is 10.0 Å². The Morgan fingerprint density at radius 3 is 2.65 bits per heavy atom. The fraction of sp³-hybridized carbons (Fsp3) is 0.308. The first-order chi connectivity index (χ1) is 9.47. The van der Waals surface area contributed by atoms with Crippen molar-refractivity contribution in [1.29, 1.82) is 0 Å². The molecule has 0 fully saturated rings. The zero-order valence-corrected chi connectivity index (χ0v) is 13.6. The van der Waals surface area contributed by atoms with E-state index in [2.05, 4.69) is 5.10 Å². The highest BCUT2D eigenvalue weighted by molar-refractivity contribution is 7.88. The van der Waals surface area contributed by atoms with Crippen molar-refractivity contribution in [2.24, 2.45) is 5.10 Å². The van der Waals surface area contributed by atoms with Crippen LogP contribution in [-0.2, 0) is 10.0 Å². The van der Waals surface area contributed by atoms with Gasteiger partial charge in [-0.3, -0.25) is 0 Å². The largest absolute Gasteiger partial charge is 0.247 e. The molecule has 0 amide bonds. The third-order valence-corrected chi connectivity index (χ3v) is 6.26. The zero-order valence-electron chi connectivity index (χ0n) is 11.1. The summed E-state index contributed by atoms with van der Waals surface area (Å²) in [6.45, 7) is 2.03. The van der Waals surface area contributed by atoms with Gasteiger partial charge in [0.25, 0.3) is 0 Å². The summed E-state index contributed by atoms with van der Waals surface area (Å²) in [7, 11) is -3.36. The third kappa shape index (κ3) is 2.41. The first-order valence-electron chi connectivity index (χ1n) is 6.11. The van der Waals surface area contributed by atoms with Crippen LogP contribution in [0.5, 0.6) is 0 Å². The van der Waals surface area contributed by atoms with E-state index < -0.39 is 10.0 Å². The van der Waals surface area contributed by atoms with E-state index in [-0.39, 0.29) is 6.04 Å². The van der Waals surface area contributed by atoms with Crippen LogP contribution in [-0.4, -0.2) is 24.8 Å². The minimum Gasteiger partial charge on any atom is -0.205 e. The molecule has 0 aliphatic carbocycles. The van der Waals surface area contributed by atoms with Gasteiger partial charge in [-0.05, 0) is 35.4 Å². The minimum atomic E-state index is -3.36. The lowest BCUT2D eigenvalue weighted by molar-refractivity contribution is 0.379. The van der Waals surface area contributed by atoms with Crippen molar-refractivity contribution in [3.8, 4) is 0 Å². The van der Waals surface area contributed by atoms with E-state index in [1.807, 2.05) is 35.9 Å². The lowest BCUT2D eigenvalue weighted by Crippen LogP contribution is -2.25. The van der Waals surface area contributed by atoms with Crippen molar-refractivity contribution in [3.63, 3.8) is 0 Å². The topological polar surface area (TPSA) is 49.7 Å². The maximum Gasteiger partial charge on any atom is 0.247 e. The Bertz CT molecular complexity index is 744. The fourth-order valence-corrected chi connectivity index (χ4v) is 4.99. The maximum atomic E-state index is 12.0. The molecule has 1 unspecified atom stereocenters. The number of aryl methyl sites for hydroxylation is 1. The summed E-state index contributed by atoms with van der Waals surface area (Å²) >= 11 is 3.18. The molecule has 20 heavy (non-hydrogen) atoms. The molecule has 106 valence electrons. The molecule has 0 N–H and O–H groups in total. The summed E-state index contributed by atoms with van der Waals surface area (Å²) in [6.07, 6.45) is 1.84. The van der Waals surface area contributed by atoms with E-state index in [4.69, 9.17) is 0 Å². The smallest absolute Gasteiger partial charge is 0.205 e. The Balaban J connectivity index is 2.03. The van der Waals surface area contributed by atoms with Crippen LogP contribution < -0.4 is 0 Å². The Morgan fingerprint density at radius 2 is 2.10 bits per heavy atom. The molecule has 0 aromatic carbocycles. The Hall–Kier alpha value is -1.18. The average molecular weight is 326 g/mol. The summed E-state index contributed by atoms with van der Waals surface area (Å²) in [5.74, 6) is 0. The first kappa shape index (κ1) is 13.8. The molecule has 1 atom stereocenters. The normalized spacial score (nSPS) is 19.4. The van der Waals surface area contributed by atoms with Gasteiger partial charge < -0.3 is 0 Å². The van der Waals surface area contributed by atoms with Gasteiger partial charge >= 0.3 is 0 Å². The van der Waals surface area contributed by atoms with Crippen molar-refractivity contribution >= 4 is 38.4 Å². The molecule has 3 rings (SSSR count). The Labute approximate surface area is 126 Å². The van der Waals surface area contributed by atoms with Crippen LogP contribution >= 0.6 is 22.7 Å². The fourth-order valence-electron chi connectivity index (χ4n) is 2.29. The molecule has 2 aromatic heterocycles. The second kappa shape index (κ2) is 4.98. The SMILES string of the molecule is Cc1ccsc1C1=NN(S(C)(=O)=O)C(c2cccs2)C1. The number of rotatable bonds is 3. The van der Waals surface area contributed by atoms with E-state index >= 15 is 0 Å². The van der Waals surface area contributed by atoms with Crippen LogP contribution in [0.2, 0.25) is 0 Å². The monoisotopic (exact) mass is 326 g/mol. The number of hydrazone groups is 1. The lowest BCUT2D eigenvalue weighted by Gasteiger charge is -2.19. The molecule has 0 saturated heterocycles. The number of sulfonamides is 1. The summed E-state index contributed by atoms with van der Waals surface area (Å²) < 4.78 is 25.2. The molecule has 7 heteroatoms. The molecule has 4 nitrogen and oxygen atoms in total. The van der Waals surface area contributed by atoms with Gasteiger partial charge in [-0.1, -0.05) is 6.07 Å². The van der Waals surface area contributed by atoms with Crippen LogP contribution in [0.1, 0.15) is 27.8 Å². The maximum absolute atomic E-state index is 12.0. The van der Waals surface area contributed by atoms with E-state index in [9.17, 15) is 8.42 Å². The molecule has 0 radical (unpaired) electrons. The van der Waals surface area contributed by atoms with Crippen LogP contribution in [0.25, 0.3) is 0 Å². The molecular formula is C13H14N2O2S3. The van der Waals surface area contributed by atoms with E-state index in [0.29, 0.717) is 6.42 Å². The van der Waals surface area contributed by atoms with Crippen molar-refractivity contribution in [1.82, 2.24) is 4.41 Å². The summed E-state index contributed by atoms with van der Waals surface area (Å²) in [6, 6.07) is 5.73. The summed E-state index contributed by atoms with van der Waals surface area (Å²) in [4.78, 5) is 2.11. The standard InChI is InChI=1S/C13H14N2O2S3/c1-9-5-7-19-13(9)10-8-11(12-4-3-6-18-12)15(14-10)20(2,16)17/h3-7,11H,8H2,1-2H3. The number of hydrogen-bond acceptors (Lipinski definition) is 5. The van der Waals surface area contributed by atoms with Crippen LogP contribution in [0.15, 0.2) is 34.1 Å². The van der Waals surface area contributed by atoms with Crippen LogP contribution in [0.3, 0.4) is 0 Å². The van der Waals surface area contributed by atoms with Gasteiger partial charge in [-0.15, -0.1) is 22.7 Å². The number of thiophene rings is 2. The molecule has 0 spiro atoms. The molecule has 3 heterocycles. The van der Waals surface area contributed by atoms with Crippen molar-refractivity contribution in [2.45, 2.75) is 19.4 Å². The van der Waals surface area contributed by atoms with Gasteiger partial charge in [0, 0.05) is 11.3 Å². The molecule has 1 aliphatic rings. The third-order valence-electron chi connectivity index (χ3n) is 3.21. The Morgan fingerprint density at radius 1 is 1.30 bits per heavy atom.